The molecule has 1 atom stereocenters. The molecular formula is C24H25ClN2O5. The molecule has 8 heteroatoms. The van der Waals surface area contributed by atoms with Crippen LogP contribution in [0.1, 0.15) is 17.2 Å². The summed E-state index contributed by atoms with van der Waals surface area (Å²) >= 11 is 6.06. The lowest BCUT2D eigenvalue weighted by molar-refractivity contribution is -0.140. The predicted octanol–water partition coefficient (Wildman–Crippen LogP) is 3.10. The number of hydrogen-bond acceptors (Lipinski definition) is 6. The average molecular weight is 457 g/mol. The largest absolute Gasteiger partial charge is 0.507 e. The number of aliphatic hydroxyl groups is 1. The zero-order valence-electron chi connectivity index (χ0n) is 17.8. The normalized spacial score (nSPS) is 21.2. The molecule has 1 unspecified atom stereocenters. The minimum absolute atomic E-state index is 0.0625. The van der Waals surface area contributed by atoms with Crippen molar-refractivity contribution >= 4 is 29.1 Å². The number of carbonyl (C=O) groups is 2. The first kappa shape index (κ1) is 22.3. The molecule has 1 amide bonds. The highest BCUT2D eigenvalue weighted by atomic mass is 35.5. The minimum atomic E-state index is -0.709. The van der Waals surface area contributed by atoms with Crippen LogP contribution in [0.3, 0.4) is 0 Å². The number of ether oxygens (including phenoxy) is 2. The fourth-order valence-corrected chi connectivity index (χ4v) is 4.23. The summed E-state index contributed by atoms with van der Waals surface area (Å²) in [5, 5.41) is 11.7. The maximum atomic E-state index is 13.1. The van der Waals surface area contributed by atoms with Crippen LogP contribution in [-0.4, -0.2) is 73.1 Å². The fraction of sp³-hybridized carbons (Fsp3) is 0.333. The Balaban J connectivity index is 1.73. The zero-order chi connectivity index (χ0) is 22.7. The second-order valence-electron chi connectivity index (χ2n) is 7.73. The molecule has 0 aromatic heterocycles. The Morgan fingerprint density at radius 3 is 2.53 bits per heavy atom. The summed E-state index contributed by atoms with van der Waals surface area (Å²) in [6.45, 7) is 3.82. The van der Waals surface area contributed by atoms with E-state index in [1.54, 1.807) is 48.5 Å². The van der Waals surface area contributed by atoms with Gasteiger partial charge in [-0.3, -0.25) is 14.5 Å². The second-order valence-corrected chi connectivity index (χ2v) is 8.17. The van der Waals surface area contributed by atoms with E-state index in [4.69, 9.17) is 21.1 Å². The van der Waals surface area contributed by atoms with Crippen molar-refractivity contribution in [3.05, 3.63) is 70.3 Å². The SMILES string of the molecule is COc1cccc(C(O)=C2C(=O)C(=O)N(CCN3CCOCC3)C2c2ccc(Cl)cc2)c1. The zero-order valence-corrected chi connectivity index (χ0v) is 18.5. The van der Waals surface area contributed by atoms with Crippen LogP contribution in [0.2, 0.25) is 5.02 Å². The Hall–Kier alpha value is -2.87. The van der Waals surface area contributed by atoms with E-state index in [1.807, 2.05) is 0 Å². The third-order valence-corrected chi connectivity index (χ3v) is 6.08. The van der Waals surface area contributed by atoms with Crippen LogP contribution < -0.4 is 4.74 Å². The van der Waals surface area contributed by atoms with Gasteiger partial charge in [0.05, 0.1) is 31.9 Å². The highest BCUT2D eigenvalue weighted by Gasteiger charge is 2.46. The lowest BCUT2D eigenvalue weighted by atomic mass is 9.95. The maximum Gasteiger partial charge on any atom is 0.295 e. The first-order valence-electron chi connectivity index (χ1n) is 10.5. The van der Waals surface area contributed by atoms with Crippen LogP contribution in [0.5, 0.6) is 5.75 Å². The minimum Gasteiger partial charge on any atom is -0.507 e. The lowest BCUT2D eigenvalue weighted by Gasteiger charge is -2.31. The number of hydrogen-bond donors (Lipinski definition) is 1. The molecule has 0 radical (unpaired) electrons. The van der Waals surface area contributed by atoms with Crippen molar-refractivity contribution < 1.29 is 24.2 Å². The van der Waals surface area contributed by atoms with Crippen molar-refractivity contribution in [3.63, 3.8) is 0 Å². The van der Waals surface area contributed by atoms with E-state index >= 15 is 0 Å². The second kappa shape index (κ2) is 9.73. The summed E-state index contributed by atoms with van der Waals surface area (Å²) in [7, 11) is 1.53. The number of benzene rings is 2. The topological polar surface area (TPSA) is 79.3 Å². The molecule has 2 fully saturated rings. The number of methoxy groups -OCH3 is 1. The van der Waals surface area contributed by atoms with Crippen molar-refractivity contribution in [2.75, 3.05) is 46.5 Å². The van der Waals surface area contributed by atoms with E-state index in [0.29, 0.717) is 48.2 Å². The summed E-state index contributed by atoms with van der Waals surface area (Å²) in [6.07, 6.45) is 0. The molecule has 0 saturated carbocycles. The summed E-state index contributed by atoms with van der Waals surface area (Å²) < 4.78 is 10.6. The van der Waals surface area contributed by atoms with Gasteiger partial charge in [0.15, 0.2) is 0 Å². The van der Waals surface area contributed by atoms with E-state index in [9.17, 15) is 14.7 Å². The molecule has 2 aliphatic rings. The van der Waals surface area contributed by atoms with Gasteiger partial charge in [-0.25, -0.2) is 0 Å². The summed E-state index contributed by atoms with van der Waals surface area (Å²) in [6, 6.07) is 13.1. The van der Waals surface area contributed by atoms with Gasteiger partial charge in [0.1, 0.15) is 11.5 Å². The third kappa shape index (κ3) is 4.50. The van der Waals surface area contributed by atoms with Crippen molar-refractivity contribution in [2.45, 2.75) is 6.04 Å². The fourth-order valence-electron chi connectivity index (χ4n) is 4.10. The van der Waals surface area contributed by atoms with E-state index in [-0.39, 0.29) is 11.3 Å². The number of ketones is 1. The maximum absolute atomic E-state index is 13.1. The Labute approximate surface area is 191 Å². The van der Waals surface area contributed by atoms with Gasteiger partial charge < -0.3 is 19.5 Å². The summed E-state index contributed by atoms with van der Waals surface area (Å²) in [5.74, 6) is -1.01. The molecule has 1 N–H and O–H groups in total. The highest BCUT2D eigenvalue weighted by molar-refractivity contribution is 6.46. The van der Waals surface area contributed by atoms with E-state index in [0.717, 1.165) is 13.1 Å². The van der Waals surface area contributed by atoms with Crippen molar-refractivity contribution in [1.29, 1.82) is 0 Å². The lowest BCUT2D eigenvalue weighted by Crippen LogP contribution is -2.42. The molecule has 2 heterocycles. The van der Waals surface area contributed by atoms with Crippen molar-refractivity contribution in [2.24, 2.45) is 0 Å². The molecule has 7 nitrogen and oxygen atoms in total. The number of nitrogens with zero attached hydrogens (tertiary/aromatic N) is 2. The summed E-state index contributed by atoms with van der Waals surface area (Å²) in [4.78, 5) is 29.9. The quantitative estimate of drug-likeness (QED) is 0.409. The Morgan fingerprint density at radius 1 is 1.12 bits per heavy atom. The van der Waals surface area contributed by atoms with Crippen LogP contribution in [-0.2, 0) is 14.3 Å². The monoisotopic (exact) mass is 456 g/mol. The van der Waals surface area contributed by atoms with E-state index < -0.39 is 17.7 Å². The van der Waals surface area contributed by atoms with Gasteiger partial charge in [-0.15, -0.1) is 0 Å². The smallest absolute Gasteiger partial charge is 0.295 e. The van der Waals surface area contributed by atoms with Crippen LogP contribution in [0.25, 0.3) is 5.76 Å². The molecule has 0 spiro atoms. The first-order chi connectivity index (χ1) is 15.5. The molecule has 4 rings (SSSR count). The Morgan fingerprint density at radius 2 is 1.84 bits per heavy atom. The third-order valence-electron chi connectivity index (χ3n) is 5.83. The Bertz CT molecular complexity index is 1030. The number of likely N-dealkylation sites (tertiary alicyclic amines) is 1. The number of rotatable bonds is 6. The van der Waals surface area contributed by atoms with Gasteiger partial charge in [-0.05, 0) is 29.8 Å². The molecule has 2 saturated heterocycles. The molecule has 2 aromatic carbocycles. The number of carbonyl (C=O) groups excluding carboxylic acids is 2. The highest BCUT2D eigenvalue weighted by Crippen LogP contribution is 2.39. The Kier molecular flexibility index (Phi) is 6.79. The van der Waals surface area contributed by atoms with Crippen molar-refractivity contribution in [3.8, 4) is 5.75 Å². The molecular weight excluding hydrogens is 432 g/mol. The van der Waals surface area contributed by atoms with Gasteiger partial charge in [-0.2, -0.15) is 0 Å². The molecule has 0 bridgehead atoms. The number of halogens is 1. The first-order valence-corrected chi connectivity index (χ1v) is 10.9. The number of aliphatic hydroxyl groups excluding tert-OH is 1. The van der Waals surface area contributed by atoms with Gasteiger partial charge >= 0.3 is 0 Å². The molecule has 0 aliphatic carbocycles. The molecule has 2 aliphatic heterocycles. The standard InChI is InChI=1S/C24H25ClN2O5/c1-31-19-4-2-3-17(15-19)22(28)20-21(16-5-7-18(25)8-6-16)27(24(30)23(20)29)10-9-26-11-13-32-14-12-26/h2-8,15,21,28H,9-14H2,1H3. The molecule has 32 heavy (non-hydrogen) atoms. The van der Waals surface area contributed by atoms with Crippen LogP contribution in [0, 0.1) is 0 Å². The summed E-state index contributed by atoms with van der Waals surface area (Å²) in [5.41, 5.74) is 1.18. The van der Waals surface area contributed by atoms with E-state index in [1.165, 1.54) is 12.0 Å². The molecule has 2 aromatic rings. The number of amides is 1. The number of Topliss-reactive ketones (excluding diaryl/α,β-unsaturated/α-hetero) is 1. The van der Waals surface area contributed by atoms with Crippen molar-refractivity contribution in [1.82, 2.24) is 9.80 Å². The van der Waals surface area contributed by atoms with Gasteiger partial charge in [0.25, 0.3) is 11.7 Å². The number of morpholine rings is 1. The van der Waals surface area contributed by atoms with Crippen LogP contribution in [0.4, 0.5) is 0 Å². The van der Waals surface area contributed by atoms with E-state index in [2.05, 4.69) is 4.90 Å². The predicted molar refractivity (Wildman–Crippen MR) is 121 cm³/mol. The van der Waals surface area contributed by atoms with Crippen LogP contribution in [0.15, 0.2) is 54.1 Å². The van der Waals surface area contributed by atoms with Gasteiger partial charge in [0, 0.05) is 36.8 Å². The van der Waals surface area contributed by atoms with Gasteiger partial charge in [-0.1, -0.05) is 35.9 Å². The molecule has 168 valence electrons. The van der Waals surface area contributed by atoms with Crippen LogP contribution >= 0.6 is 11.6 Å². The average Bonchev–Trinajstić information content (AvgIpc) is 3.08. The van der Waals surface area contributed by atoms with Gasteiger partial charge in [0.2, 0.25) is 0 Å².